The van der Waals surface area contributed by atoms with Crippen molar-refractivity contribution in [2.24, 2.45) is 0 Å². The summed E-state index contributed by atoms with van der Waals surface area (Å²) < 4.78 is 10.5. The third-order valence-electron chi connectivity index (χ3n) is 2.58. The molecule has 0 radical (unpaired) electrons. The van der Waals surface area contributed by atoms with E-state index >= 15 is 0 Å². The van der Waals surface area contributed by atoms with Crippen LogP contribution in [0.25, 0.3) is 0 Å². The molecular formula is C16H23NO4. The molecule has 0 aliphatic rings. The molecule has 0 aliphatic carbocycles. The van der Waals surface area contributed by atoms with Crippen LogP contribution in [0.4, 0.5) is 0 Å². The number of carbonyl (C=O) groups is 2. The van der Waals surface area contributed by atoms with E-state index in [4.69, 9.17) is 9.47 Å². The highest BCUT2D eigenvalue weighted by Crippen LogP contribution is 2.08. The van der Waals surface area contributed by atoms with Crippen molar-refractivity contribution < 1.29 is 19.1 Å². The predicted molar refractivity (Wildman–Crippen MR) is 80.0 cm³/mol. The fraction of sp³-hybridized carbons (Fsp3) is 0.500. The van der Waals surface area contributed by atoms with E-state index < -0.39 is 0 Å². The number of ether oxygens (including phenoxy) is 2. The van der Waals surface area contributed by atoms with Gasteiger partial charge in [-0.25, -0.2) is 0 Å². The van der Waals surface area contributed by atoms with Crippen molar-refractivity contribution in [1.82, 2.24) is 5.32 Å². The van der Waals surface area contributed by atoms with Gasteiger partial charge in [-0.3, -0.25) is 9.59 Å². The van der Waals surface area contributed by atoms with Crippen molar-refractivity contribution in [3.8, 4) is 5.75 Å². The van der Waals surface area contributed by atoms with Crippen LogP contribution >= 0.6 is 0 Å². The normalized spacial score (nSPS) is 10.2. The third kappa shape index (κ3) is 8.68. The minimum absolute atomic E-state index is 0.0796. The highest BCUT2D eigenvalue weighted by molar-refractivity contribution is 5.77. The first-order valence-electron chi connectivity index (χ1n) is 7.22. The van der Waals surface area contributed by atoms with E-state index in [9.17, 15) is 9.59 Å². The van der Waals surface area contributed by atoms with Crippen molar-refractivity contribution in [1.29, 1.82) is 0 Å². The zero-order chi connectivity index (χ0) is 15.5. The van der Waals surface area contributed by atoms with Gasteiger partial charge < -0.3 is 14.8 Å². The number of esters is 1. The van der Waals surface area contributed by atoms with Crippen LogP contribution in [-0.2, 0) is 14.3 Å². The molecule has 1 aromatic carbocycles. The molecule has 21 heavy (non-hydrogen) atoms. The molecule has 0 bridgehead atoms. The van der Waals surface area contributed by atoms with Crippen LogP contribution in [0.2, 0.25) is 0 Å². The summed E-state index contributed by atoms with van der Waals surface area (Å²) in [4.78, 5) is 22.8. The molecule has 0 aromatic heterocycles. The maximum absolute atomic E-state index is 11.5. The molecule has 0 aliphatic heterocycles. The topological polar surface area (TPSA) is 64.6 Å². The van der Waals surface area contributed by atoms with Gasteiger partial charge in [0.05, 0.1) is 19.1 Å². The lowest BCUT2D eigenvalue weighted by atomic mass is 10.3. The van der Waals surface area contributed by atoms with Crippen LogP contribution < -0.4 is 10.1 Å². The lowest BCUT2D eigenvalue weighted by Gasteiger charge is -2.09. The fourth-order valence-electron chi connectivity index (χ4n) is 1.65. The molecule has 1 rings (SSSR count). The summed E-state index contributed by atoms with van der Waals surface area (Å²) in [7, 11) is 0. The molecule has 0 saturated carbocycles. The largest absolute Gasteiger partial charge is 0.494 e. The number of nitrogens with one attached hydrogen (secondary N) is 1. The Hall–Kier alpha value is -2.04. The van der Waals surface area contributed by atoms with E-state index in [2.05, 4.69) is 5.32 Å². The minimum Gasteiger partial charge on any atom is -0.494 e. The van der Waals surface area contributed by atoms with Crippen LogP contribution in [0.1, 0.15) is 33.1 Å². The lowest BCUT2D eigenvalue weighted by Crippen LogP contribution is -2.27. The fourth-order valence-corrected chi connectivity index (χ4v) is 1.65. The summed E-state index contributed by atoms with van der Waals surface area (Å²) in [6, 6.07) is 9.47. The van der Waals surface area contributed by atoms with Gasteiger partial charge in [-0.05, 0) is 32.4 Å². The van der Waals surface area contributed by atoms with Crippen molar-refractivity contribution >= 4 is 11.9 Å². The second kappa shape index (κ2) is 9.80. The summed E-state index contributed by atoms with van der Waals surface area (Å²) in [5, 5.41) is 2.69. The Balaban J connectivity index is 2.02. The first-order chi connectivity index (χ1) is 10.1. The maximum Gasteiger partial charge on any atom is 0.307 e. The van der Waals surface area contributed by atoms with Gasteiger partial charge in [0.2, 0.25) is 5.91 Å². The molecule has 0 spiro atoms. The monoisotopic (exact) mass is 293 g/mol. The Morgan fingerprint density at radius 3 is 2.52 bits per heavy atom. The number of rotatable bonds is 9. The highest BCUT2D eigenvalue weighted by atomic mass is 16.5. The van der Waals surface area contributed by atoms with Crippen LogP contribution in [0.5, 0.6) is 5.75 Å². The Morgan fingerprint density at radius 2 is 1.86 bits per heavy atom. The molecule has 1 N–H and O–H groups in total. The molecule has 0 fully saturated rings. The molecule has 0 heterocycles. The van der Waals surface area contributed by atoms with Crippen molar-refractivity contribution in [2.45, 2.75) is 39.2 Å². The van der Waals surface area contributed by atoms with Crippen LogP contribution in [-0.4, -0.2) is 31.1 Å². The molecule has 1 aromatic rings. The summed E-state index contributed by atoms with van der Waals surface area (Å²) in [5.74, 6) is 0.427. The zero-order valence-electron chi connectivity index (χ0n) is 12.6. The van der Waals surface area contributed by atoms with Crippen molar-refractivity contribution in [3.63, 3.8) is 0 Å². The smallest absolute Gasteiger partial charge is 0.307 e. The second-order valence-electron chi connectivity index (χ2n) is 4.90. The first kappa shape index (κ1) is 17.0. The minimum atomic E-state index is -0.294. The van der Waals surface area contributed by atoms with Gasteiger partial charge in [0.25, 0.3) is 0 Å². The molecular weight excluding hydrogens is 270 g/mol. The highest BCUT2D eigenvalue weighted by Gasteiger charge is 2.06. The standard InChI is InChI=1S/C16H23NO4/c1-13(2)21-16(19)10-11-17-15(18)9-6-12-20-14-7-4-3-5-8-14/h3-5,7-8,13H,6,9-12H2,1-2H3,(H,17,18). The number of carbonyl (C=O) groups excluding carboxylic acids is 2. The van der Waals surface area contributed by atoms with Gasteiger partial charge in [-0.1, -0.05) is 18.2 Å². The van der Waals surface area contributed by atoms with E-state index in [1.165, 1.54) is 0 Å². The third-order valence-corrected chi connectivity index (χ3v) is 2.58. The van der Waals surface area contributed by atoms with Gasteiger partial charge in [0.1, 0.15) is 5.75 Å². The average molecular weight is 293 g/mol. The van der Waals surface area contributed by atoms with E-state index in [0.717, 1.165) is 5.75 Å². The van der Waals surface area contributed by atoms with Crippen LogP contribution in [0, 0.1) is 0 Å². The van der Waals surface area contributed by atoms with Gasteiger partial charge >= 0.3 is 5.97 Å². The number of hydrogen-bond acceptors (Lipinski definition) is 4. The molecule has 0 unspecified atom stereocenters. The van der Waals surface area contributed by atoms with E-state index in [1.807, 2.05) is 30.3 Å². The van der Waals surface area contributed by atoms with Gasteiger partial charge in [0, 0.05) is 13.0 Å². The molecule has 116 valence electrons. The second-order valence-corrected chi connectivity index (χ2v) is 4.90. The number of benzene rings is 1. The molecule has 1 amide bonds. The molecule has 0 atom stereocenters. The number of para-hydroxylation sites is 1. The first-order valence-corrected chi connectivity index (χ1v) is 7.22. The van der Waals surface area contributed by atoms with Gasteiger partial charge in [-0.2, -0.15) is 0 Å². The molecule has 5 heteroatoms. The zero-order valence-corrected chi connectivity index (χ0v) is 12.6. The van der Waals surface area contributed by atoms with E-state index in [1.54, 1.807) is 13.8 Å². The van der Waals surface area contributed by atoms with E-state index in [-0.39, 0.29) is 24.4 Å². The van der Waals surface area contributed by atoms with Crippen molar-refractivity contribution in [3.05, 3.63) is 30.3 Å². The summed E-state index contributed by atoms with van der Waals surface area (Å²) >= 11 is 0. The SMILES string of the molecule is CC(C)OC(=O)CCNC(=O)CCCOc1ccccc1. The summed E-state index contributed by atoms with van der Waals surface area (Å²) in [6.07, 6.45) is 1.09. The summed E-state index contributed by atoms with van der Waals surface area (Å²) in [5.41, 5.74) is 0. The number of hydrogen-bond donors (Lipinski definition) is 1. The lowest BCUT2D eigenvalue weighted by molar-refractivity contribution is -0.147. The predicted octanol–water partition coefficient (Wildman–Crippen LogP) is 2.30. The van der Waals surface area contributed by atoms with Crippen LogP contribution in [0.3, 0.4) is 0 Å². The van der Waals surface area contributed by atoms with Gasteiger partial charge in [-0.15, -0.1) is 0 Å². The Morgan fingerprint density at radius 1 is 1.14 bits per heavy atom. The quantitative estimate of drug-likeness (QED) is 0.560. The van der Waals surface area contributed by atoms with E-state index in [0.29, 0.717) is 26.0 Å². The summed E-state index contributed by atoms with van der Waals surface area (Å²) in [6.45, 7) is 4.39. The average Bonchev–Trinajstić information content (AvgIpc) is 2.44. The van der Waals surface area contributed by atoms with Crippen molar-refractivity contribution in [2.75, 3.05) is 13.2 Å². The Labute approximate surface area is 125 Å². The van der Waals surface area contributed by atoms with Crippen LogP contribution in [0.15, 0.2) is 30.3 Å². The van der Waals surface area contributed by atoms with Gasteiger partial charge in [0.15, 0.2) is 0 Å². The molecule has 5 nitrogen and oxygen atoms in total. The Kier molecular flexibility index (Phi) is 7.94. The Bertz CT molecular complexity index is 431. The number of amides is 1. The molecule has 0 saturated heterocycles. The maximum atomic E-state index is 11.5.